The molecule has 3 unspecified atom stereocenters. The molecule has 0 amide bonds. The van der Waals surface area contributed by atoms with Gasteiger partial charge in [-0.25, -0.2) is 0 Å². The largest absolute Gasteiger partial charge is 0.374 e. The lowest BCUT2D eigenvalue weighted by molar-refractivity contribution is 0.232. The van der Waals surface area contributed by atoms with Gasteiger partial charge < -0.3 is 10.6 Å². The Morgan fingerprint density at radius 3 is 2.40 bits per heavy atom. The molecule has 1 saturated carbocycles. The average molecular weight is 274 g/mol. The topological polar surface area (TPSA) is 29.3 Å². The van der Waals surface area contributed by atoms with Crippen molar-refractivity contribution in [3.63, 3.8) is 0 Å². The van der Waals surface area contributed by atoms with Crippen LogP contribution < -0.4 is 10.6 Å². The van der Waals surface area contributed by atoms with Crippen molar-refractivity contribution in [1.82, 2.24) is 0 Å². The fourth-order valence-electron chi connectivity index (χ4n) is 3.59. The van der Waals surface area contributed by atoms with Crippen LogP contribution in [0.25, 0.3) is 0 Å². The van der Waals surface area contributed by atoms with E-state index in [1.54, 1.807) is 0 Å². The second kappa shape index (κ2) is 6.62. The highest BCUT2D eigenvalue weighted by Crippen LogP contribution is 2.31. The Labute approximate surface area is 124 Å². The number of nitrogens with zero attached hydrogens (tertiary/aromatic N) is 1. The predicted molar refractivity (Wildman–Crippen MR) is 88.3 cm³/mol. The van der Waals surface area contributed by atoms with Gasteiger partial charge in [-0.05, 0) is 68.2 Å². The van der Waals surface area contributed by atoms with E-state index in [0.717, 1.165) is 12.5 Å². The van der Waals surface area contributed by atoms with Crippen LogP contribution in [-0.4, -0.2) is 19.6 Å². The summed E-state index contributed by atoms with van der Waals surface area (Å²) >= 11 is 0. The minimum Gasteiger partial charge on any atom is -0.374 e. The van der Waals surface area contributed by atoms with Gasteiger partial charge in [-0.1, -0.05) is 19.4 Å². The zero-order valence-electron chi connectivity index (χ0n) is 13.5. The highest BCUT2D eigenvalue weighted by molar-refractivity contribution is 5.50. The van der Waals surface area contributed by atoms with E-state index >= 15 is 0 Å². The van der Waals surface area contributed by atoms with E-state index in [-0.39, 0.29) is 0 Å². The molecular weight excluding hydrogens is 244 g/mol. The Balaban J connectivity index is 2.04. The van der Waals surface area contributed by atoms with Gasteiger partial charge in [0.2, 0.25) is 0 Å². The van der Waals surface area contributed by atoms with Crippen LogP contribution in [0.4, 0.5) is 5.69 Å². The van der Waals surface area contributed by atoms with E-state index in [4.69, 9.17) is 5.73 Å². The van der Waals surface area contributed by atoms with Crippen LogP contribution >= 0.6 is 0 Å². The third-order valence-corrected chi connectivity index (χ3v) is 4.88. The maximum Gasteiger partial charge on any atom is 0.0369 e. The SMILES string of the molecule is CCC1CCC(N)C(CN(C)c2cc(C)cc(C)c2)C1. The number of nitrogens with two attached hydrogens (primary N) is 1. The molecule has 0 radical (unpaired) electrons. The molecule has 1 aliphatic rings. The standard InChI is InChI=1S/C18H30N2/c1-5-15-6-7-18(19)16(11-15)12-20(4)17-9-13(2)8-14(3)10-17/h8-10,15-16,18H,5-7,11-12,19H2,1-4H3. The second-order valence-electron chi connectivity index (χ2n) is 6.74. The first-order valence-corrected chi connectivity index (χ1v) is 8.04. The molecule has 0 aromatic heterocycles. The van der Waals surface area contributed by atoms with E-state index < -0.39 is 0 Å². The average Bonchev–Trinajstić information content (AvgIpc) is 2.40. The number of hydrogen-bond acceptors (Lipinski definition) is 2. The third kappa shape index (κ3) is 3.76. The van der Waals surface area contributed by atoms with Crippen molar-refractivity contribution in [2.75, 3.05) is 18.5 Å². The smallest absolute Gasteiger partial charge is 0.0369 e. The van der Waals surface area contributed by atoms with Gasteiger partial charge >= 0.3 is 0 Å². The molecule has 1 aromatic carbocycles. The molecule has 0 heterocycles. The molecule has 1 aliphatic carbocycles. The summed E-state index contributed by atoms with van der Waals surface area (Å²) < 4.78 is 0. The lowest BCUT2D eigenvalue weighted by Crippen LogP contribution is -2.42. The van der Waals surface area contributed by atoms with Gasteiger partial charge in [0, 0.05) is 25.3 Å². The van der Waals surface area contributed by atoms with Crippen LogP contribution in [0.1, 0.15) is 43.7 Å². The van der Waals surface area contributed by atoms with Gasteiger partial charge in [0.1, 0.15) is 0 Å². The van der Waals surface area contributed by atoms with Crippen LogP contribution in [0.5, 0.6) is 0 Å². The Morgan fingerprint density at radius 1 is 1.15 bits per heavy atom. The monoisotopic (exact) mass is 274 g/mol. The molecule has 0 saturated heterocycles. The minimum absolute atomic E-state index is 0.381. The molecule has 3 atom stereocenters. The van der Waals surface area contributed by atoms with Gasteiger partial charge in [0.05, 0.1) is 0 Å². The van der Waals surface area contributed by atoms with E-state index in [1.165, 1.54) is 42.5 Å². The number of benzene rings is 1. The van der Waals surface area contributed by atoms with E-state index in [1.807, 2.05) is 0 Å². The normalized spacial score (nSPS) is 26.6. The Hall–Kier alpha value is -1.02. The summed E-state index contributed by atoms with van der Waals surface area (Å²) in [5.41, 5.74) is 10.4. The number of aryl methyl sites for hydroxylation is 2. The van der Waals surface area contributed by atoms with Gasteiger partial charge in [-0.2, -0.15) is 0 Å². The van der Waals surface area contributed by atoms with Gasteiger partial charge in [-0.3, -0.25) is 0 Å². The van der Waals surface area contributed by atoms with Gasteiger partial charge in [-0.15, -0.1) is 0 Å². The molecule has 0 aliphatic heterocycles. The molecule has 112 valence electrons. The van der Waals surface area contributed by atoms with Crippen LogP contribution in [-0.2, 0) is 0 Å². The Kier molecular flexibility index (Phi) is 5.09. The van der Waals surface area contributed by atoms with Gasteiger partial charge in [0.25, 0.3) is 0 Å². The lowest BCUT2D eigenvalue weighted by atomic mass is 9.77. The first-order chi connectivity index (χ1) is 9.49. The van der Waals surface area contributed by atoms with Crippen molar-refractivity contribution in [1.29, 1.82) is 0 Å². The minimum atomic E-state index is 0.381. The van der Waals surface area contributed by atoms with Crippen molar-refractivity contribution < 1.29 is 0 Å². The molecule has 1 aromatic rings. The molecule has 2 nitrogen and oxygen atoms in total. The Bertz CT molecular complexity index is 421. The van der Waals surface area contributed by atoms with Crippen LogP contribution in [0, 0.1) is 25.7 Å². The molecule has 2 heteroatoms. The predicted octanol–water partition coefficient (Wildman–Crippen LogP) is 3.89. The summed E-state index contributed by atoms with van der Waals surface area (Å²) in [4.78, 5) is 2.39. The molecule has 2 rings (SSSR count). The van der Waals surface area contributed by atoms with Crippen molar-refractivity contribution >= 4 is 5.69 Å². The van der Waals surface area contributed by atoms with Crippen molar-refractivity contribution in [2.24, 2.45) is 17.6 Å². The number of rotatable bonds is 4. The maximum atomic E-state index is 6.36. The quantitative estimate of drug-likeness (QED) is 0.902. The van der Waals surface area contributed by atoms with E-state index in [2.05, 4.69) is 50.9 Å². The van der Waals surface area contributed by atoms with Crippen LogP contribution in [0.3, 0.4) is 0 Å². The second-order valence-corrected chi connectivity index (χ2v) is 6.74. The molecule has 20 heavy (non-hydrogen) atoms. The zero-order chi connectivity index (χ0) is 14.7. The maximum absolute atomic E-state index is 6.36. The van der Waals surface area contributed by atoms with Crippen molar-refractivity contribution in [3.05, 3.63) is 29.3 Å². The van der Waals surface area contributed by atoms with Gasteiger partial charge in [0.15, 0.2) is 0 Å². The van der Waals surface area contributed by atoms with Crippen LogP contribution in [0.15, 0.2) is 18.2 Å². The van der Waals surface area contributed by atoms with E-state index in [9.17, 15) is 0 Å². The molecule has 0 spiro atoms. The Morgan fingerprint density at radius 2 is 1.80 bits per heavy atom. The molecule has 2 N–H and O–H groups in total. The van der Waals surface area contributed by atoms with E-state index in [0.29, 0.717) is 12.0 Å². The summed E-state index contributed by atoms with van der Waals surface area (Å²) in [6, 6.07) is 7.17. The summed E-state index contributed by atoms with van der Waals surface area (Å²) in [5.74, 6) is 1.52. The fourth-order valence-corrected chi connectivity index (χ4v) is 3.59. The fraction of sp³-hybridized carbons (Fsp3) is 0.667. The zero-order valence-corrected chi connectivity index (χ0v) is 13.5. The number of hydrogen-bond donors (Lipinski definition) is 1. The summed E-state index contributed by atoms with van der Waals surface area (Å²) in [6.45, 7) is 7.74. The molecule has 1 fully saturated rings. The number of anilines is 1. The highest BCUT2D eigenvalue weighted by Gasteiger charge is 2.28. The first kappa shape index (κ1) is 15.4. The molecular formula is C18H30N2. The van der Waals surface area contributed by atoms with Crippen molar-refractivity contribution in [2.45, 2.75) is 52.5 Å². The molecule has 0 bridgehead atoms. The lowest BCUT2D eigenvalue weighted by Gasteiger charge is -2.36. The van der Waals surface area contributed by atoms with Crippen molar-refractivity contribution in [3.8, 4) is 0 Å². The summed E-state index contributed by atoms with van der Waals surface area (Å²) in [7, 11) is 2.20. The summed E-state index contributed by atoms with van der Waals surface area (Å²) in [5, 5.41) is 0. The highest BCUT2D eigenvalue weighted by atomic mass is 15.1. The third-order valence-electron chi connectivity index (χ3n) is 4.88. The summed E-state index contributed by atoms with van der Waals surface area (Å²) in [6.07, 6.45) is 5.12. The van der Waals surface area contributed by atoms with Crippen LogP contribution in [0.2, 0.25) is 0 Å². The first-order valence-electron chi connectivity index (χ1n) is 8.04.